The molecule has 7 heteroatoms. The van der Waals surface area contributed by atoms with E-state index in [9.17, 15) is 14.4 Å². The quantitative estimate of drug-likeness (QED) is 0.708. The van der Waals surface area contributed by atoms with E-state index in [1.54, 1.807) is 0 Å². The molecular formula is C14H23N3O4. The van der Waals surface area contributed by atoms with Crippen LogP contribution in [0.2, 0.25) is 0 Å². The molecule has 1 saturated heterocycles. The Morgan fingerprint density at radius 3 is 2.62 bits per heavy atom. The topological polar surface area (TPSA) is 98.7 Å². The third kappa shape index (κ3) is 3.86. The number of aliphatic carboxylic acids is 1. The summed E-state index contributed by atoms with van der Waals surface area (Å²) in [6.07, 6.45) is 5.77. The largest absolute Gasteiger partial charge is 0.480 e. The number of rotatable bonds is 3. The molecule has 2 unspecified atom stereocenters. The summed E-state index contributed by atoms with van der Waals surface area (Å²) >= 11 is 0. The molecule has 1 aliphatic heterocycles. The normalized spacial score (nSPS) is 25.1. The summed E-state index contributed by atoms with van der Waals surface area (Å²) in [7, 11) is 0. The predicted molar refractivity (Wildman–Crippen MR) is 75.7 cm³/mol. The van der Waals surface area contributed by atoms with Gasteiger partial charge in [0.2, 0.25) is 5.91 Å². The van der Waals surface area contributed by atoms with Crippen LogP contribution in [0.4, 0.5) is 4.79 Å². The zero-order valence-corrected chi connectivity index (χ0v) is 12.3. The number of hydrogen-bond donors (Lipinski definition) is 3. The standard InChI is InChI=1S/C14H23N3O4/c1-9(10-5-3-2-4-6-10)16-14(21)17-8-12(18)15-7-11(17)13(19)20/h9-11H,2-8H2,1H3,(H,15,18)(H,16,21)(H,19,20). The molecule has 2 fully saturated rings. The van der Waals surface area contributed by atoms with Crippen molar-refractivity contribution in [3.63, 3.8) is 0 Å². The van der Waals surface area contributed by atoms with E-state index < -0.39 is 18.0 Å². The first-order valence-corrected chi connectivity index (χ1v) is 7.55. The van der Waals surface area contributed by atoms with Crippen LogP contribution in [-0.2, 0) is 9.59 Å². The number of carboxylic acids is 1. The van der Waals surface area contributed by atoms with E-state index in [1.165, 1.54) is 19.3 Å². The minimum atomic E-state index is -1.10. The molecule has 1 saturated carbocycles. The van der Waals surface area contributed by atoms with Crippen LogP contribution in [-0.4, -0.2) is 53.1 Å². The fourth-order valence-electron chi connectivity index (χ4n) is 3.11. The van der Waals surface area contributed by atoms with Crippen molar-refractivity contribution in [2.75, 3.05) is 13.1 Å². The number of hydrogen-bond acceptors (Lipinski definition) is 3. The molecular weight excluding hydrogens is 274 g/mol. The lowest BCUT2D eigenvalue weighted by Crippen LogP contribution is -2.62. The van der Waals surface area contributed by atoms with Crippen molar-refractivity contribution < 1.29 is 19.5 Å². The monoisotopic (exact) mass is 297 g/mol. The molecule has 21 heavy (non-hydrogen) atoms. The lowest BCUT2D eigenvalue weighted by Gasteiger charge is -2.35. The van der Waals surface area contributed by atoms with Crippen LogP contribution < -0.4 is 10.6 Å². The van der Waals surface area contributed by atoms with Crippen molar-refractivity contribution in [2.24, 2.45) is 5.92 Å². The fraction of sp³-hybridized carbons (Fsp3) is 0.786. The second kappa shape index (κ2) is 6.78. The summed E-state index contributed by atoms with van der Waals surface area (Å²) in [5, 5.41) is 14.5. The lowest BCUT2D eigenvalue weighted by atomic mass is 9.84. The zero-order valence-electron chi connectivity index (χ0n) is 12.3. The zero-order chi connectivity index (χ0) is 15.4. The summed E-state index contributed by atoms with van der Waals surface area (Å²) in [6, 6.07) is -1.46. The summed E-state index contributed by atoms with van der Waals surface area (Å²) in [5.74, 6) is -0.993. The maximum absolute atomic E-state index is 12.3. The van der Waals surface area contributed by atoms with Crippen LogP contribution in [0.3, 0.4) is 0 Å². The summed E-state index contributed by atoms with van der Waals surface area (Å²) in [4.78, 5) is 36.0. The third-order valence-corrected chi connectivity index (χ3v) is 4.44. The number of nitrogens with one attached hydrogen (secondary N) is 2. The van der Waals surface area contributed by atoms with Crippen LogP contribution in [0.5, 0.6) is 0 Å². The van der Waals surface area contributed by atoms with Gasteiger partial charge >= 0.3 is 12.0 Å². The molecule has 0 radical (unpaired) electrons. The molecule has 0 spiro atoms. The number of piperazine rings is 1. The Balaban J connectivity index is 1.96. The van der Waals surface area contributed by atoms with E-state index >= 15 is 0 Å². The van der Waals surface area contributed by atoms with Crippen molar-refractivity contribution in [2.45, 2.75) is 51.1 Å². The van der Waals surface area contributed by atoms with Gasteiger partial charge in [-0.1, -0.05) is 19.3 Å². The lowest BCUT2D eigenvalue weighted by molar-refractivity contribution is -0.144. The highest BCUT2D eigenvalue weighted by Gasteiger charge is 2.36. The molecule has 1 aliphatic carbocycles. The van der Waals surface area contributed by atoms with Crippen LogP contribution >= 0.6 is 0 Å². The van der Waals surface area contributed by atoms with Gasteiger partial charge in [0.05, 0.1) is 0 Å². The van der Waals surface area contributed by atoms with Crippen molar-refractivity contribution in [3.05, 3.63) is 0 Å². The number of carbonyl (C=O) groups excluding carboxylic acids is 2. The Bertz CT molecular complexity index is 420. The molecule has 2 aliphatic rings. The second-order valence-electron chi connectivity index (χ2n) is 5.92. The first kappa shape index (κ1) is 15.6. The molecule has 0 bridgehead atoms. The Morgan fingerprint density at radius 2 is 2.00 bits per heavy atom. The predicted octanol–water partition coefficient (Wildman–Crippen LogP) is 0.550. The van der Waals surface area contributed by atoms with E-state index in [2.05, 4.69) is 10.6 Å². The first-order chi connectivity index (χ1) is 9.99. The highest BCUT2D eigenvalue weighted by Crippen LogP contribution is 2.26. The van der Waals surface area contributed by atoms with Gasteiger partial charge in [0, 0.05) is 12.6 Å². The fourth-order valence-corrected chi connectivity index (χ4v) is 3.11. The molecule has 1 heterocycles. The molecule has 0 aromatic rings. The van der Waals surface area contributed by atoms with Crippen LogP contribution in [0.25, 0.3) is 0 Å². The van der Waals surface area contributed by atoms with Crippen molar-refractivity contribution in [1.29, 1.82) is 0 Å². The van der Waals surface area contributed by atoms with E-state index in [1.807, 2.05) is 6.92 Å². The Labute approximate surface area is 124 Å². The van der Waals surface area contributed by atoms with Gasteiger partial charge in [-0.2, -0.15) is 0 Å². The molecule has 0 aromatic heterocycles. The van der Waals surface area contributed by atoms with Gasteiger partial charge < -0.3 is 15.7 Å². The van der Waals surface area contributed by atoms with Crippen LogP contribution in [0.15, 0.2) is 0 Å². The summed E-state index contributed by atoms with van der Waals surface area (Å²) in [6.45, 7) is 1.70. The van der Waals surface area contributed by atoms with E-state index in [4.69, 9.17) is 5.11 Å². The number of carbonyl (C=O) groups is 3. The highest BCUT2D eigenvalue weighted by atomic mass is 16.4. The SMILES string of the molecule is CC(NC(=O)N1CC(=O)NCC1C(=O)O)C1CCCCC1. The number of amides is 3. The minimum Gasteiger partial charge on any atom is -0.480 e. The van der Waals surface area contributed by atoms with Crippen molar-refractivity contribution in [3.8, 4) is 0 Å². The maximum atomic E-state index is 12.3. The van der Waals surface area contributed by atoms with E-state index in [0.29, 0.717) is 5.92 Å². The first-order valence-electron chi connectivity index (χ1n) is 7.55. The summed E-state index contributed by atoms with van der Waals surface area (Å²) < 4.78 is 0. The second-order valence-corrected chi connectivity index (χ2v) is 5.92. The molecule has 118 valence electrons. The number of carboxylic acid groups (broad SMARTS) is 1. The van der Waals surface area contributed by atoms with E-state index in [-0.39, 0.29) is 25.0 Å². The maximum Gasteiger partial charge on any atom is 0.328 e. The van der Waals surface area contributed by atoms with Gasteiger partial charge in [0.15, 0.2) is 0 Å². The number of urea groups is 1. The Morgan fingerprint density at radius 1 is 1.33 bits per heavy atom. The van der Waals surface area contributed by atoms with Crippen molar-refractivity contribution >= 4 is 17.9 Å². The van der Waals surface area contributed by atoms with Gasteiger partial charge in [-0.15, -0.1) is 0 Å². The highest BCUT2D eigenvalue weighted by molar-refractivity contribution is 5.90. The van der Waals surface area contributed by atoms with Gasteiger partial charge in [-0.05, 0) is 25.7 Å². The molecule has 3 N–H and O–H groups in total. The Hall–Kier alpha value is -1.79. The van der Waals surface area contributed by atoms with E-state index in [0.717, 1.165) is 17.7 Å². The van der Waals surface area contributed by atoms with Crippen LogP contribution in [0, 0.1) is 5.92 Å². The third-order valence-electron chi connectivity index (χ3n) is 4.44. The molecule has 0 aromatic carbocycles. The van der Waals surface area contributed by atoms with Gasteiger partial charge in [-0.3, -0.25) is 9.69 Å². The molecule has 2 atom stereocenters. The van der Waals surface area contributed by atoms with Crippen LogP contribution in [0.1, 0.15) is 39.0 Å². The average molecular weight is 297 g/mol. The van der Waals surface area contributed by atoms with Gasteiger partial charge in [-0.25, -0.2) is 9.59 Å². The van der Waals surface area contributed by atoms with Gasteiger partial charge in [0.25, 0.3) is 0 Å². The summed E-state index contributed by atoms with van der Waals surface area (Å²) in [5.41, 5.74) is 0. The van der Waals surface area contributed by atoms with Crippen molar-refractivity contribution in [1.82, 2.24) is 15.5 Å². The average Bonchev–Trinajstić information content (AvgIpc) is 2.47. The molecule has 7 nitrogen and oxygen atoms in total. The smallest absolute Gasteiger partial charge is 0.328 e. The molecule has 3 amide bonds. The molecule has 2 rings (SSSR count). The Kier molecular flexibility index (Phi) is 5.03. The number of nitrogens with zero attached hydrogens (tertiary/aromatic N) is 1. The van der Waals surface area contributed by atoms with Gasteiger partial charge in [0.1, 0.15) is 12.6 Å². The minimum absolute atomic E-state index is 0.00256.